The Hall–Kier alpha value is -1.16. The Morgan fingerprint density at radius 1 is 1.29 bits per heavy atom. The van der Waals surface area contributed by atoms with Crippen molar-refractivity contribution in [3.8, 4) is 0 Å². The summed E-state index contributed by atoms with van der Waals surface area (Å²) in [5.41, 5.74) is 2.06. The third-order valence-corrected chi connectivity index (χ3v) is 3.14. The summed E-state index contributed by atoms with van der Waals surface area (Å²) in [4.78, 5) is 11.2. The highest BCUT2D eigenvalue weighted by molar-refractivity contribution is 5.32. The fourth-order valence-electron chi connectivity index (χ4n) is 1.68. The zero-order chi connectivity index (χ0) is 13.0. The average Bonchev–Trinajstić information content (AvgIpc) is 2.26. The van der Waals surface area contributed by atoms with Crippen LogP contribution in [0, 0.1) is 12.8 Å². The fourth-order valence-corrected chi connectivity index (χ4v) is 1.68. The van der Waals surface area contributed by atoms with Gasteiger partial charge in [-0.2, -0.15) is 0 Å². The molecule has 1 aromatic heterocycles. The summed E-state index contributed by atoms with van der Waals surface area (Å²) in [6.45, 7) is 9.42. The summed E-state index contributed by atoms with van der Waals surface area (Å²) in [6, 6.07) is 2.45. The van der Waals surface area contributed by atoms with Crippen LogP contribution in [0.2, 0.25) is 0 Å². The van der Waals surface area contributed by atoms with Crippen LogP contribution in [0.3, 0.4) is 0 Å². The van der Waals surface area contributed by atoms with E-state index >= 15 is 0 Å². The zero-order valence-corrected chi connectivity index (χ0v) is 11.8. The maximum Gasteiger partial charge on any atom is 0.225 e. The monoisotopic (exact) mass is 236 g/mol. The molecule has 0 aliphatic heterocycles. The van der Waals surface area contributed by atoms with E-state index in [0.717, 1.165) is 23.9 Å². The highest BCUT2D eigenvalue weighted by Crippen LogP contribution is 2.16. The molecule has 1 rings (SSSR count). The lowest BCUT2D eigenvalue weighted by atomic mass is 10.1. The minimum Gasteiger partial charge on any atom is -0.341 e. The molecule has 1 unspecified atom stereocenters. The summed E-state index contributed by atoms with van der Waals surface area (Å²) in [7, 11) is 3.99. The zero-order valence-electron chi connectivity index (χ0n) is 11.8. The predicted octanol–water partition coefficient (Wildman–Crippen LogP) is 1.99. The number of rotatable bonds is 5. The topological polar surface area (TPSA) is 41.1 Å². The molecule has 17 heavy (non-hydrogen) atoms. The summed E-state index contributed by atoms with van der Waals surface area (Å²) in [6.07, 6.45) is 0. The molecule has 4 heteroatoms. The van der Waals surface area contributed by atoms with Crippen LogP contribution in [0.25, 0.3) is 0 Å². The fraction of sp³-hybridized carbons (Fsp3) is 0.692. The standard InChI is InChI=1S/C13H24N4/c1-9(2)11(4)17(6)13-15-10(3)7-12(16-13)8-14-5/h7,9,11,14H,8H2,1-6H3. The third kappa shape index (κ3) is 3.66. The van der Waals surface area contributed by atoms with Crippen molar-refractivity contribution in [1.29, 1.82) is 0 Å². The Labute approximate surface area is 104 Å². The Kier molecular flexibility index (Phi) is 4.87. The van der Waals surface area contributed by atoms with Gasteiger partial charge >= 0.3 is 0 Å². The van der Waals surface area contributed by atoms with E-state index in [-0.39, 0.29) is 0 Å². The molecule has 0 bridgehead atoms. The van der Waals surface area contributed by atoms with Gasteiger partial charge < -0.3 is 10.2 Å². The quantitative estimate of drug-likeness (QED) is 0.849. The van der Waals surface area contributed by atoms with Gasteiger partial charge in [0.2, 0.25) is 5.95 Å². The minimum atomic E-state index is 0.430. The van der Waals surface area contributed by atoms with Crippen molar-refractivity contribution in [2.75, 3.05) is 19.0 Å². The lowest BCUT2D eigenvalue weighted by Crippen LogP contribution is -2.34. The summed E-state index contributed by atoms with van der Waals surface area (Å²) in [5, 5.41) is 3.12. The Bertz CT molecular complexity index is 362. The number of nitrogens with zero attached hydrogens (tertiary/aromatic N) is 3. The summed E-state index contributed by atoms with van der Waals surface area (Å²) < 4.78 is 0. The van der Waals surface area contributed by atoms with E-state index in [4.69, 9.17) is 0 Å². The molecule has 0 aliphatic rings. The van der Waals surface area contributed by atoms with E-state index in [0.29, 0.717) is 12.0 Å². The van der Waals surface area contributed by atoms with Gasteiger partial charge in [-0.1, -0.05) is 13.8 Å². The first-order chi connectivity index (χ1) is 7.95. The molecule has 0 aliphatic carbocycles. The van der Waals surface area contributed by atoms with Crippen molar-refractivity contribution in [3.05, 3.63) is 17.5 Å². The maximum atomic E-state index is 4.58. The average molecular weight is 236 g/mol. The first kappa shape index (κ1) is 13.9. The summed E-state index contributed by atoms with van der Waals surface area (Å²) in [5.74, 6) is 1.40. The van der Waals surface area contributed by atoms with Crippen molar-refractivity contribution < 1.29 is 0 Å². The molecule has 0 saturated carbocycles. The van der Waals surface area contributed by atoms with Gasteiger partial charge in [0.15, 0.2) is 0 Å². The number of aromatic nitrogens is 2. The molecule has 1 aromatic rings. The molecule has 4 nitrogen and oxygen atoms in total. The van der Waals surface area contributed by atoms with Gasteiger partial charge in [-0.05, 0) is 32.9 Å². The van der Waals surface area contributed by atoms with Crippen LogP contribution in [-0.4, -0.2) is 30.1 Å². The molecule has 0 saturated heterocycles. The molecular weight excluding hydrogens is 212 g/mol. The molecule has 1 heterocycles. The maximum absolute atomic E-state index is 4.58. The molecule has 0 spiro atoms. The molecule has 0 aromatic carbocycles. The highest BCUT2D eigenvalue weighted by Gasteiger charge is 2.16. The lowest BCUT2D eigenvalue weighted by molar-refractivity contribution is 0.498. The van der Waals surface area contributed by atoms with Crippen LogP contribution in [-0.2, 0) is 6.54 Å². The van der Waals surface area contributed by atoms with Crippen molar-refractivity contribution in [2.45, 2.75) is 40.3 Å². The second-order valence-corrected chi connectivity index (χ2v) is 4.93. The molecule has 0 fully saturated rings. The SMILES string of the molecule is CNCc1cc(C)nc(N(C)C(C)C(C)C)n1. The van der Waals surface area contributed by atoms with E-state index in [9.17, 15) is 0 Å². The van der Waals surface area contributed by atoms with Crippen LogP contribution in [0.4, 0.5) is 5.95 Å². The second kappa shape index (κ2) is 5.96. The normalized spacial score (nSPS) is 12.9. The van der Waals surface area contributed by atoms with Gasteiger partial charge in [0.25, 0.3) is 0 Å². The number of nitrogens with one attached hydrogen (secondary N) is 1. The van der Waals surface area contributed by atoms with Gasteiger partial charge in [-0.15, -0.1) is 0 Å². The molecule has 0 radical (unpaired) electrons. The number of hydrogen-bond donors (Lipinski definition) is 1. The van der Waals surface area contributed by atoms with E-state index in [1.165, 1.54) is 0 Å². The highest BCUT2D eigenvalue weighted by atomic mass is 15.3. The van der Waals surface area contributed by atoms with Gasteiger partial charge in [0.05, 0.1) is 5.69 Å². The van der Waals surface area contributed by atoms with Crippen LogP contribution in [0.15, 0.2) is 6.07 Å². The molecule has 1 N–H and O–H groups in total. The Balaban J connectivity index is 2.96. The lowest BCUT2D eigenvalue weighted by Gasteiger charge is -2.28. The van der Waals surface area contributed by atoms with Crippen molar-refractivity contribution in [3.63, 3.8) is 0 Å². The molecule has 96 valence electrons. The van der Waals surface area contributed by atoms with Crippen molar-refractivity contribution in [2.24, 2.45) is 5.92 Å². The van der Waals surface area contributed by atoms with Gasteiger partial charge in [-0.25, -0.2) is 9.97 Å². The van der Waals surface area contributed by atoms with Gasteiger partial charge in [0.1, 0.15) is 0 Å². The Morgan fingerprint density at radius 3 is 2.47 bits per heavy atom. The van der Waals surface area contributed by atoms with Crippen molar-refractivity contribution >= 4 is 5.95 Å². The smallest absolute Gasteiger partial charge is 0.225 e. The molecule has 1 atom stereocenters. The largest absolute Gasteiger partial charge is 0.341 e. The van der Waals surface area contributed by atoms with E-state index in [2.05, 4.69) is 48.0 Å². The van der Waals surface area contributed by atoms with E-state index in [1.807, 2.05) is 20.0 Å². The number of anilines is 1. The number of aryl methyl sites for hydroxylation is 1. The van der Waals surface area contributed by atoms with Crippen LogP contribution < -0.4 is 10.2 Å². The molecular formula is C13H24N4. The first-order valence-corrected chi connectivity index (χ1v) is 6.17. The number of hydrogen-bond acceptors (Lipinski definition) is 4. The first-order valence-electron chi connectivity index (χ1n) is 6.17. The summed E-state index contributed by atoms with van der Waals surface area (Å²) >= 11 is 0. The van der Waals surface area contributed by atoms with Gasteiger partial charge in [-0.3, -0.25) is 0 Å². The molecule has 0 amide bonds. The second-order valence-electron chi connectivity index (χ2n) is 4.93. The van der Waals surface area contributed by atoms with Crippen LogP contribution in [0.5, 0.6) is 0 Å². The van der Waals surface area contributed by atoms with Crippen LogP contribution >= 0.6 is 0 Å². The minimum absolute atomic E-state index is 0.430. The van der Waals surface area contributed by atoms with Crippen molar-refractivity contribution in [1.82, 2.24) is 15.3 Å². The van der Waals surface area contributed by atoms with Crippen LogP contribution in [0.1, 0.15) is 32.2 Å². The predicted molar refractivity (Wildman–Crippen MR) is 72.2 cm³/mol. The van der Waals surface area contributed by atoms with E-state index in [1.54, 1.807) is 0 Å². The Morgan fingerprint density at radius 2 is 1.94 bits per heavy atom. The van der Waals surface area contributed by atoms with Gasteiger partial charge in [0, 0.05) is 25.3 Å². The third-order valence-electron chi connectivity index (χ3n) is 3.14. The van der Waals surface area contributed by atoms with E-state index < -0.39 is 0 Å².